The molecule has 0 radical (unpaired) electrons. The molecular weight excluding hydrogens is 302 g/mol. The van der Waals surface area contributed by atoms with Crippen molar-refractivity contribution in [1.82, 2.24) is 9.55 Å². The molecule has 2 heterocycles. The Morgan fingerprint density at radius 2 is 2.27 bits per heavy atom. The molecule has 0 bridgehead atoms. The number of imidazole rings is 1. The molecular formula is C15H17N3O3S. The number of aryl methyl sites for hydroxylation is 1. The number of nitrogens with one attached hydrogen (secondary N) is 1. The van der Waals surface area contributed by atoms with E-state index >= 15 is 0 Å². The molecule has 3 rings (SSSR count). The van der Waals surface area contributed by atoms with Crippen LogP contribution in [0.2, 0.25) is 0 Å². The molecule has 1 aromatic carbocycles. The molecule has 0 spiro atoms. The molecule has 0 saturated carbocycles. The van der Waals surface area contributed by atoms with Crippen LogP contribution < -0.4 is 14.8 Å². The van der Waals surface area contributed by atoms with Gasteiger partial charge in [0.05, 0.1) is 5.25 Å². The maximum Gasteiger partial charge on any atom is 0.237 e. The van der Waals surface area contributed by atoms with E-state index in [1.165, 1.54) is 11.8 Å². The second-order valence-corrected chi connectivity index (χ2v) is 6.12. The third kappa shape index (κ3) is 3.04. The van der Waals surface area contributed by atoms with Crippen LogP contribution in [-0.4, -0.2) is 27.5 Å². The van der Waals surface area contributed by atoms with E-state index in [2.05, 4.69) is 10.3 Å². The Kier molecular flexibility index (Phi) is 4.24. The van der Waals surface area contributed by atoms with Crippen LogP contribution in [0.15, 0.2) is 35.7 Å². The van der Waals surface area contributed by atoms with Crippen molar-refractivity contribution in [1.29, 1.82) is 0 Å². The molecule has 1 atom stereocenters. The lowest BCUT2D eigenvalue weighted by Gasteiger charge is -2.12. The number of nitrogens with zero attached hydrogens (tertiary/aromatic N) is 2. The average Bonchev–Trinajstić information content (AvgIpc) is 3.15. The minimum absolute atomic E-state index is 0.0745. The SMILES string of the molecule is CCn1ccnc1S[C@@H](C)C(=O)Nc1ccc2c(c1)OCO2. The lowest BCUT2D eigenvalue weighted by molar-refractivity contribution is -0.115. The maximum absolute atomic E-state index is 12.3. The molecule has 0 unspecified atom stereocenters. The second-order valence-electron chi connectivity index (χ2n) is 4.81. The Labute approximate surface area is 132 Å². The number of fused-ring (bicyclic) bond motifs is 1. The van der Waals surface area contributed by atoms with Gasteiger partial charge >= 0.3 is 0 Å². The van der Waals surface area contributed by atoms with Crippen LogP contribution in [0.25, 0.3) is 0 Å². The molecule has 116 valence electrons. The van der Waals surface area contributed by atoms with Gasteiger partial charge in [0.2, 0.25) is 12.7 Å². The highest BCUT2D eigenvalue weighted by Gasteiger charge is 2.19. The number of anilines is 1. The average molecular weight is 319 g/mol. The molecule has 1 aliphatic heterocycles. The summed E-state index contributed by atoms with van der Waals surface area (Å²) in [5.41, 5.74) is 0.695. The lowest BCUT2D eigenvalue weighted by Crippen LogP contribution is -2.22. The number of benzene rings is 1. The Balaban J connectivity index is 1.64. The van der Waals surface area contributed by atoms with Crippen molar-refractivity contribution in [3.8, 4) is 11.5 Å². The highest BCUT2D eigenvalue weighted by atomic mass is 32.2. The topological polar surface area (TPSA) is 65.4 Å². The number of carbonyl (C=O) groups excluding carboxylic acids is 1. The predicted octanol–water partition coefficient (Wildman–Crippen LogP) is 2.75. The summed E-state index contributed by atoms with van der Waals surface area (Å²) in [6, 6.07) is 5.36. The van der Waals surface area contributed by atoms with Gasteiger partial charge in [0.15, 0.2) is 16.7 Å². The van der Waals surface area contributed by atoms with Gasteiger partial charge < -0.3 is 19.4 Å². The van der Waals surface area contributed by atoms with Crippen LogP contribution in [-0.2, 0) is 11.3 Å². The van der Waals surface area contributed by atoms with Crippen molar-refractivity contribution in [3.05, 3.63) is 30.6 Å². The first-order chi connectivity index (χ1) is 10.7. The first-order valence-electron chi connectivity index (χ1n) is 7.05. The first kappa shape index (κ1) is 14.8. The number of carbonyl (C=O) groups is 1. The third-order valence-electron chi connectivity index (χ3n) is 3.31. The number of thioether (sulfide) groups is 1. The lowest BCUT2D eigenvalue weighted by atomic mass is 10.2. The van der Waals surface area contributed by atoms with Gasteiger partial charge in [0.1, 0.15) is 0 Å². The predicted molar refractivity (Wildman–Crippen MR) is 84.4 cm³/mol. The van der Waals surface area contributed by atoms with Gasteiger partial charge in [-0.1, -0.05) is 11.8 Å². The highest BCUT2D eigenvalue weighted by Crippen LogP contribution is 2.34. The van der Waals surface area contributed by atoms with Crippen LogP contribution in [0.3, 0.4) is 0 Å². The van der Waals surface area contributed by atoms with E-state index in [0.29, 0.717) is 17.2 Å². The molecule has 2 aromatic rings. The number of hydrogen-bond donors (Lipinski definition) is 1. The first-order valence-corrected chi connectivity index (χ1v) is 7.93. The van der Waals surface area contributed by atoms with E-state index in [-0.39, 0.29) is 18.0 Å². The zero-order valence-corrected chi connectivity index (χ0v) is 13.2. The van der Waals surface area contributed by atoms with Gasteiger partial charge in [0, 0.05) is 30.7 Å². The summed E-state index contributed by atoms with van der Waals surface area (Å²) in [6.07, 6.45) is 3.65. The molecule has 0 saturated heterocycles. The molecule has 6 nitrogen and oxygen atoms in total. The molecule has 0 fully saturated rings. The quantitative estimate of drug-likeness (QED) is 0.859. The molecule has 1 N–H and O–H groups in total. The smallest absolute Gasteiger partial charge is 0.237 e. The molecule has 0 aliphatic carbocycles. The van der Waals surface area contributed by atoms with Crippen LogP contribution in [0.4, 0.5) is 5.69 Å². The largest absolute Gasteiger partial charge is 0.454 e. The minimum atomic E-state index is -0.252. The Morgan fingerprint density at radius 3 is 3.09 bits per heavy atom. The van der Waals surface area contributed by atoms with Crippen LogP contribution in [0.1, 0.15) is 13.8 Å². The van der Waals surface area contributed by atoms with E-state index < -0.39 is 0 Å². The van der Waals surface area contributed by atoms with Crippen molar-refractivity contribution in [2.45, 2.75) is 30.8 Å². The van der Waals surface area contributed by atoms with Gasteiger partial charge in [-0.25, -0.2) is 4.98 Å². The molecule has 1 aliphatic rings. The number of aromatic nitrogens is 2. The summed E-state index contributed by atoms with van der Waals surface area (Å²) in [7, 11) is 0. The van der Waals surface area contributed by atoms with E-state index in [0.717, 1.165) is 11.7 Å². The standard InChI is InChI=1S/C15H17N3O3S/c1-3-18-7-6-16-15(18)22-10(2)14(19)17-11-4-5-12-13(8-11)21-9-20-12/h4-8,10H,3,9H2,1-2H3,(H,17,19)/t10-/m0/s1. The number of amides is 1. The number of rotatable bonds is 5. The molecule has 1 aromatic heterocycles. The second kappa shape index (κ2) is 6.31. The van der Waals surface area contributed by atoms with Crippen LogP contribution in [0, 0.1) is 0 Å². The van der Waals surface area contributed by atoms with Crippen LogP contribution in [0.5, 0.6) is 11.5 Å². The Hall–Kier alpha value is -2.15. The van der Waals surface area contributed by atoms with Crippen molar-refractivity contribution in [2.24, 2.45) is 0 Å². The zero-order valence-electron chi connectivity index (χ0n) is 12.4. The van der Waals surface area contributed by atoms with Crippen molar-refractivity contribution < 1.29 is 14.3 Å². The normalized spacial score (nSPS) is 13.9. The van der Waals surface area contributed by atoms with E-state index in [1.54, 1.807) is 24.4 Å². The van der Waals surface area contributed by atoms with Gasteiger partial charge in [-0.05, 0) is 26.0 Å². The fourth-order valence-electron chi connectivity index (χ4n) is 2.08. The molecule has 7 heteroatoms. The fraction of sp³-hybridized carbons (Fsp3) is 0.333. The Morgan fingerprint density at radius 1 is 1.45 bits per heavy atom. The summed E-state index contributed by atoms with van der Waals surface area (Å²) < 4.78 is 12.6. The van der Waals surface area contributed by atoms with Gasteiger partial charge in [0.25, 0.3) is 0 Å². The molecule has 1 amide bonds. The molecule has 22 heavy (non-hydrogen) atoms. The summed E-state index contributed by atoms with van der Waals surface area (Å²) >= 11 is 1.44. The fourth-order valence-corrected chi connectivity index (χ4v) is 3.01. The van der Waals surface area contributed by atoms with Gasteiger partial charge in [-0.15, -0.1) is 0 Å². The van der Waals surface area contributed by atoms with Crippen LogP contribution >= 0.6 is 11.8 Å². The number of ether oxygens (including phenoxy) is 2. The van der Waals surface area contributed by atoms with Crippen molar-refractivity contribution >= 4 is 23.4 Å². The summed E-state index contributed by atoms with van der Waals surface area (Å²) in [5.74, 6) is 1.28. The van der Waals surface area contributed by atoms with E-state index in [9.17, 15) is 4.79 Å². The van der Waals surface area contributed by atoms with Crippen molar-refractivity contribution in [2.75, 3.05) is 12.1 Å². The van der Waals surface area contributed by atoms with E-state index in [4.69, 9.17) is 9.47 Å². The van der Waals surface area contributed by atoms with E-state index in [1.807, 2.05) is 24.6 Å². The monoisotopic (exact) mass is 319 g/mol. The summed E-state index contributed by atoms with van der Waals surface area (Å²) in [4.78, 5) is 16.6. The maximum atomic E-state index is 12.3. The third-order valence-corrected chi connectivity index (χ3v) is 4.43. The number of hydrogen-bond acceptors (Lipinski definition) is 5. The summed E-state index contributed by atoms with van der Waals surface area (Å²) in [6.45, 7) is 4.96. The minimum Gasteiger partial charge on any atom is -0.454 e. The summed E-state index contributed by atoms with van der Waals surface area (Å²) in [5, 5.41) is 3.48. The zero-order chi connectivity index (χ0) is 15.5. The highest BCUT2D eigenvalue weighted by molar-refractivity contribution is 8.00. The van der Waals surface area contributed by atoms with Crippen molar-refractivity contribution in [3.63, 3.8) is 0 Å². The Bertz CT molecular complexity index is 686. The van der Waals surface area contributed by atoms with Gasteiger partial charge in [-0.3, -0.25) is 4.79 Å². The van der Waals surface area contributed by atoms with Gasteiger partial charge in [-0.2, -0.15) is 0 Å².